The molecule has 1 aliphatic carbocycles. The molecule has 0 spiro atoms. The van der Waals surface area contributed by atoms with Crippen molar-refractivity contribution in [3.63, 3.8) is 0 Å². The Morgan fingerprint density at radius 2 is 2.11 bits per heavy atom. The number of anilines is 1. The lowest BCUT2D eigenvalue weighted by Crippen LogP contribution is -2.23. The van der Waals surface area contributed by atoms with Crippen LogP contribution in [0.2, 0.25) is 0 Å². The van der Waals surface area contributed by atoms with Gasteiger partial charge in [0, 0.05) is 31.9 Å². The Morgan fingerprint density at radius 3 is 2.79 bits per heavy atom. The molecular formula is C16H25FN2. The van der Waals surface area contributed by atoms with Crippen LogP contribution >= 0.6 is 0 Å². The second kappa shape index (κ2) is 6.90. The van der Waals surface area contributed by atoms with E-state index in [0.29, 0.717) is 6.04 Å². The largest absolute Gasteiger partial charge is 0.374 e. The Hall–Kier alpha value is -1.09. The van der Waals surface area contributed by atoms with Crippen molar-refractivity contribution < 1.29 is 4.39 Å². The van der Waals surface area contributed by atoms with Gasteiger partial charge >= 0.3 is 0 Å². The first kappa shape index (κ1) is 14.3. The molecule has 0 aliphatic heterocycles. The quantitative estimate of drug-likeness (QED) is 0.720. The first-order valence-electron chi connectivity index (χ1n) is 7.43. The molecule has 3 heteroatoms. The highest BCUT2D eigenvalue weighted by molar-refractivity contribution is 5.53. The van der Waals surface area contributed by atoms with E-state index in [4.69, 9.17) is 0 Å². The van der Waals surface area contributed by atoms with Crippen LogP contribution in [-0.4, -0.2) is 19.6 Å². The zero-order chi connectivity index (χ0) is 13.7. The Kier molecular flexibility index (Phi) is 5.20. The summed E-state index contributed by atoms with van der Waals surface area (Å²) in [6.45, 7) is 4.02. The van der Waals surface area contributed by atoms with Gasteiger partial charge in [-0.05, 0) is 43.0 Å². The maximum absolute atomic E-state index is 13.4. The van der Waals surface area contributed by atoms with Crippen LogP contribution in [0.3, 0.4) is 0 Å². The Morgan fingerprint density at radius 1 is 1.32 bits per heavy atom. The molecule has 2 rings (SSSR count). The molecule has 1 saturated carbocycles. The van der Waals surface area contributed by atoms with Crippen molar-refractivity contribution in [1.82, 2.24) is 5.32 Å². The average molecular weight is 264 g/mol. The maximum Gasteiger partial charge on any atom is 0.123 e. The lowest BCUT2D eigenvalue weighted by atomic mass is 10.1. The Labute approximate surface area is 116 Å². The minimum Gasteiger partial charge on any atom is -0.374 e. The van der Waals surface area contributed by atoms with E-state index in [1.165, 1.54) is 32.1 Å². The van der Waals surface area contributed by atoms with E-state index in [9.17, 15) is 4.39 Å². The van der Waals surface area contributed by atoms with Gasteiger partial charge in [0.25, 0.3) is 0 Å². The summed E-state index contributed by atoms with van der Waals surface area (Å²) in [5.74, 6) is -0.140. The van der Waals surface area contributed by atoms with E-state index < -0.39 is 0 Å². The van der Waals surface area contributed by atoms with Crippen molar-refractivity contribution in [3.8, 4) is 0 Å². The zero-order valence-electron chi connectivity index (χ0n) is 12.1. The van der Waals surface area contributed by atoms with Gasteiger partial charge in [-0.3, -0.25) is 0 Å². The monoisotopic (exact) mass is 264 g/mol. The third kappa shape index (κ3) is 4.50. The predicted molar refractivity (Wildman–Crippen MR) is 79.1 cm³/mol. The van der Waals surface area contributed by atoms with Gasteiger partial charge in [0.1, 0.15) is 5.82 Å². The Bertz CT molecular complexity index is 402. The number of benzene rings is 1. The van der Waals surface area contributed by atoms with Gasteiger partial charge in [-0.1, -0.05) is 19.8 Å². The van der Waals surface area contributed by atoms with E-state index in [1.807, 2.05) is 6.07 Å². The number of nitrogens with zero attached hydrogens (tertiary/aromatic N) is 1. The normalized spacial score (nSPS) is 14.7. The van der Waals surface area contributed by atoms with Gasteiger partial charge < -0.3 is 10.2 Å². The molecule has 1 aliphatic rings. The van der Waals surface area contributed by atoms with Crippen LogP contribution in [0, 0.1) is 5.82 Å². The van der Waals surface area contributed by atoms with E-state index in [1.54, 1.807) is 12.1 Å². The summed E-state index contributed by atoms with van der Waals surface area (Å²) < 4.78 is 13.4. The van der Waals surface area contributed by atoms with Crippen LogP contribution in [0.25, 0.3) is 0 Å². The van der Waals surface area contributed by atoms with Crippen LogP contribution in [0.1, 0.15) is 44.6 Å². The van der Waals surface area contributed by atoms with Gasteiger partial charge in [0.05, 0.1) is 0 Å². The molecule has 1 aromatic carbocycles. The smallest absolute Gasteiger partial charge is 0.123 e. The van der Waals surface area contributed by atoms with Gasteiger partial charge in [-0.2, -0.15) is 0 Å². The maximum atomic E-state index is 13.4. The number of halogens is 1. The standard InChI is InChI=1S/C16H25FN2/c1-3-4-5-10-19(2)16-9-6-14(17)11-13(16)12-18-15-7-8-15/h6,9,11,15,18H,3-5,7-8,10,12H2,1-2H3. The minimum absolute atomic E-state index is 0.140. The fourth-order valence-corrected chi connectivity index (χ4v) is 2.33. The summed E-state index contributed by atoms with van der Waals surface area (Å²) in [5, 5.41) is 3.47. The molecule has 2 nitrogen and oxygen atoms in total. The number of nitrogens with one attached hydrogen (secondary N) is 1. The van der Waals surface area contributed by atoms with Gasteiger partial charge in [0.15, 0.2) is 0 Å². The van der Waals surface area contributed by atoms with Crippen molar-refractivity contribution in [1.29, 1.82) is 0 Å². The second-order valence-corrected chi connectivity index (χ2v) is 5.56. The van der Waals surface area contributed by atoms with E-state index >= 15 is 0 Å². The number of hydrogen-bond acceptors (Lipinski definition) is 2. The third-order valence-electron chi connectivity index (χ3n) is 3.71. The Balaban J connectivity index is 1.99. The summed E-state index contributed by atoms with van der Waals surface area (Å²) in [6.07, 6.45) is 6.20. The highest BCUT2D eigenvalue weighted by Gasteiger charge is 2.20. The topological polar surface area (TPSA) is 15.3 Å². The lowest BCUT2D eigenvalue weighted by Gasteiger charge is -2.23. The molecule has 19 heavy (non-hydrogen) atoms. The van der Waals surface area contributed by atoms with Crippen molar-refractivity contribution in [3.05, 3.63) is 29.6 Å². The van der Waals surface area contributed by atoms with Crippen LogP contribution < -0.4 is 10.2 Å². The van der Waals surface area contributed by atoms with Gasteiger partial charge in [-0.15, -0.1) is 0 Å². The molecule has 1 fully saturated rings. The van der Waals surface area contributed by atoms with E-state index in [0.717, 1.165) is 24.3 Å². The van der Waals surface area contributed by atoms with Crippen molar-refractivity contribution in [2.75, 3.05) is 18.5 Å². The molecule has 0 radical (unpaired) electrons. The molecular weight excluding hydrogens is 239 g/mol. The highest BCUT2D eigenvalue weighted by Crippen LogP contribution is 2.24. The molecule has 0 atom stereocenters. The zero-order valence-corrected chi connectivity index (χ0v) is 12.1. The van der Waals surface area contributed by atoms with Crippen molar-refractivity contribution >= 4 is 5.69 Å². The molecule has 0 bridgehead atoms. The lowest BCUT2D eigenvalue weighted by molar-refractivity contribution is 0.618. The first-order valence-corrected chi connectivity index (χ1v) is 7.43. The molecule has 0 aromatic heterocycles. The molecule has 0 saturated heterocycles. The van der Waals surface area contributed by atoms with Gasteiger partial charge in [0.2, 0.25) is 0 Å². The first-order chi connectivity index (χ1) is 9.20. The summed E-state index contributed by atoms with van der Waals surface area (Å²) in [6, 6.07) is 5.79. The van der Waals surface area contributed by atoms with E-state index in [-0.39, 0.29) is 5.82 Å². The minimum atomic E-state index is -0.140. The number of unbranched alkanes of at least 4 members (excludes halogenated alkanes) is 2. The van der Waals surface area contributed by atoms with Crippen LogP contribution in [0.4, 0.5) is 10.1 Å². The predicted octanol–water partition coefficient (Wildman–Crippen LogP) is 3.70. The fourth-order valence-electron chi connectivity index (χ4n) is 2.33. The molecule has 0 amide bonds. The molecule has 1 N–H and O–H groups in total. The van der Waals surface area contributed by atoms with Crippen molar-refractivity contribution in [2.45, 2.75) is 51.6 Å². The molecule has 1 aromatic rings. The summed E-state index contributed by atoms with van der Waals surface area (Å²) in [5.41, 5.74) is 2.23. The second-order valence-electron chi connectivity index (χ2n) is 5.56. The van der Waals surface area contributed by atoms with Crippen LogP contribution in [-0.2, 0) is 6.54 Å². The number of rotatable bonds is 8. The van der Waals surface area contributed by atoms with Crippen LogP contribution in [0.5, 0.6) is 0 Å². The summed E-state index contributed by atoms with van der Waals surface area (Å²) in [7, 11) is 2.10. The molecule has 0 heterocycles. The summed E-state index contributed by atoms with van der Waals surface area (Å²) >= 11 is 0. The SMILES string of the molecule is CCCCCN(C)c1ccc(F)cc1CNC1CC1. The molecule has 0 unspecified atom stereocenters. The molecule has 106 valence electrons. The third-order valence-corrected chi connectivity index (χ3v) is 3.71. The average Bonchev–Trinajstić information content (AvgIpc) is 3.20. The van der Waals surface area contributed by atoms with Crippen LogP contribution in [0.15, 0.2) is 18.2 Å². The fraction of sp³-hybridized carbons (Fsp3) is 0.625. The summed E-state index contributed by atoms with van der Waals surface area (Å²) in [4.78, 5) is 2.25. The number of hydrogen-bond donors (Lipinski definition) is 1. The van der Waals surface area contributed by atoms with Crippen molar-refractivity contribution in [2.24, 2.45) is 0 Å². The van der Waals surface area contributed by atoms with Gasteiger partial charge in [-0.25, -0.2) is 4.39 Å². The highest BCUT2D eigenvalue weighted by atomic mass is 19.1. The van der Waals surface area contributed by atoms with E-state index in [2.05, 4.69) is 24.2 Å².